The molecule has 4 nitrogen and oxygen atoms in total. The number of ether oxygens (including phenoxy) is 1. The van der Waals surface area contributed by atoms with Gasteiger partial charge < -0.3 is 15.4 Å². The first-order valence-corrected chi connectivity index (χ1v) is 3.81. The summed E-state index contributed by atoms with van der Waals surface area (Å²) in [5.41, 5.74) is 6.86. The monoisotopic (exact) mass is 180 g/mol. The minimum absolute atomic E-state index is 0.139. The van der Waals surface area contributed by atoms with Gasteiger partial charge >= 0.3 is 5.97 Å². The standard InChI is InChI=1S/C9H12N2O2/c1-7-3-4-8(10)5-11(7)6-9(12)13-2/h3-5H,1,6,10H2,2H3. The summed E-state index contributed by atoms with van der Waals surface area (Å²) in [5, 5.41) is 0. The number of carbonyl (C=O) groups is 1. The van der Waals surface area contributed by atoms with Crippen LogP contribution in [-0.4, -0.2) is 24.5 Å². The second-order valence-corrected chi connectivity index (χ2v) is 2.66. The molecule has 0 saturated heterocycles. The van der Waals surface area contributed by atoms with Crippen LogP contribution in [0.5, 0.6) is 0 Å². The minimum Gasteiger partial charge on any atom is -0.468 e. The molecule has 1 rings (SSSR count). The molecule has 70 valence electrons. The van der Waals surface area contributed by atoms with Gasteiger partial charge in [0.15, 0.2) is 0 Å². The quantitative estimate of drug-likeness (QED) is 0.623. The fraction of sp³-hybridized carbons (Fsp3) is 0.222. The highest BCUT2D eigenvalue weighted by atomic mass is 16.5. The average Bonchev–Trinajstić information content (AvgIpc) is 2.11. The minimum atomic E-state index is -0.319. The van der Waals surface area contributed by atoms with E-state index in [0.717, 1.165) is 5.70 Å². The second-order valence-electron chi connectivity index (χ2n) is 2.66. The number of hydrogen-bond donors (Lipinski definition) is 1. The average molecular weight is 180 g/mol. The normalized spacial score (nSPS) is 15.6. The third-order valence-electron chi connectivity index (χ3n) is 1.67. The van der Waals surface area contributed by atoms with Crippen molar-refractivity contribution in [1.82, 2.24) is 4.90 Å². The smallest absolute Gasteiger partial charge is 0.325 e. The van der Waals surface area contributed by atoms with Crippen LogP contribution in [0.15, 0.2) is 36.3 Å². The zero-order valence-corrected chi connectivity index (χ0v) is 7.49. The molecule has 13 heavy (non-hydrogen) atoms. The Morgan fingerprint density at radius 3 is 3.00 bits per heavy atom. The lowest BCUT2D eigenvalue weighted by molar-refractivity contribution is -0.140. The number of rotatable bonds is 2. The maximum atomic E-state index is 10.9. The molecule has 0 fully saturated rings. The van der Waals surface area contributed by atoms with E-state index in [0.29, 0.717) is 5.70 Å². The first-order valence-electron chi connectivity index (χ1n) is 3.81. The van der Waals surface area contributed by atoms with Gasteiger partial charge in [0.2, 0.25) is 0 Å². The Bertz CT molecular complexity index is 292. The highest BCUT2D eigenvalue weighted by molar-refractivity contribution is 5.72. The summed E-state index contributed by atoms with van der Waals surface area (Å²) in [6.45, 7) is 3.89. The van der Waals surface area contributed by atoms with Gasteiger partial charge in [-0.15, -0.1) is 0 Å². The summed E-state index contributed by atoms with van der Waals surface area (Å²) < 4.78 is 4.52. The lowest BCUT2D eigenvalue weighted by Crippen LogP contribution is -2.27. The molecule has 2 N–H and O–H groups in total. The number of methoxy groups -OCH3 is 1. The predicted octanol–water partition coefficient (Wildman–Crippen LogP) is 0.345. The lowest BCUT2D eigenvalue weighted by atomic mass is 10.2. The Hall–Kier alpha value is -1.71. The van der Waals surface area contributed by atoms with E-state index in [1.54, 1.807) is 23.3 Å². The number of hydrogen-bond acceptors (Lipinski definition) is 4. The molecule has 0 radical (unpaired) electrons. The number of nitrogens with two attached hydrogens (primary N) is 1. The molecule has 0 unspecified atom stereocenters. The zero-order chi connectivity index (χ0) is 9.84. The summed E-state index contributed by atoms with van der Waals surface area (Å²) in [7, 11) is 1.35. The van der Waals surface area contributed by atoms with Crippen molar-refractivity contribution < 1.29 is 9.53 Å². The molecule has 0 spiro atoms. The van der Waals surface area contributed by atoms with Crippen LogP contribution in [0.3, 0.4) is 0 Å². The van der Waals surface area contributed by atoms with Gasteiger partial charge in [0.05, 0.1) is 7.11 Å². The molecular formula is C9H12N2O2. The van der Waals surface area contributed by atoms with Crippen molar-refractivity contribution >= 4 is 5.97 Å². The molecular weight excluding hydrogens is 168 g/mol. The van der Waals surface area contributed by atoms with Crippen molar-refractivity contribution in [2.75, 3.05) is 13.7 Å². The fourth-order valence-corrected chi connectivity index (χ4v) is 0.945. The van der Waals surface area contributed by atoms with Gasteiger partial charge in [0.1, 0.15) is 6.54 Å². The Morgan fingerprint density at radius 2 is 2.38 bits per heavy atom. The maximum Gasteiger partial charge on any atom is 0.325 e. The van der Waals surface area contributed by atoms with E-state index in [-0.39, 0.29) is 12.5 Å². The van der Waals surface area contributed by atoms with Crippen LogP contribution in [-0.2, 0) is 9.53 Å². The Labute approximate surface area is 77.0 Å². The number of esters is 1. The maximum absolute atomic E-state index is 10.9. The van der Waals surface area contributed by atoms with Crippen LogP contribution in [0.4, 0.5) is 0 Å². The van der Waals surface area contributed by atoms with Crippen molar-refractivity contribution in [2.24, 2.45) is 5.73 Å². The Balaban J connectivity index is 2.65. The van der Waals surface area contributed by atoms with Gasteiger partial charge in [-0.25, -0.2) is 0 Å². The summed E-state index contributed by atoms with van der Waals surface area (Å²) in [6.07, 6.45) is 5.13. The van der Waals surface area contributed by atoms with Crippen molar-refractivity contribution in [2.45, 2.75) is 0 Å². The molecule has 0 aliphatic carbocycles. The van der Waals surface area contributed by atoms with E-state index in [9.17, 15) is 4.79 Å². The van der Waals surface area contributed by atoms with Crippen LogP contribution in [0, 0.1) is 0 Å². The van der Waals surface area contributed by atoms with Crippen LogP contribution < -0.4 is 5.73 Å². The molecule has 0 aromatic carbocycles. The van der Waals surface area contributed by atoms with Gasteiger partial charge in [-0.2, -0.15) is 0 Å². The van der Waals surface area contributed by atoms with Crippen LogP contribution >= 0.6 is 0 Å². The van der Waals surface area contributed by atoms with Crippen LogP contribution in [0.2, 0.25) is 0 Å². The molecule has 0 amide bonds. The Morgan fingerprint density at radius 1 is 1.69 bits per heavy atom. The predicted molar refractivity (Wildman–Crippen MR) is 49.3 cm³/mol. The molecule has 0 aromatic rings. The summed E-state index contributed by atoms with van der Waals surface area (Å²) in [6, 6.07) is 0. The van der Waals surface area contributed by atoms with E-state index in [2.05, 4.69) is 11.3 Å². The molecule has 1 aliphatic heterocycles. The topological polar surface area (TPSA) is 55.6 Å². The third kappa shape index (κ3) is 2.37. The molecule has 1 aliphatic rings. The van der Waals surface area contributed by atoms with Crippen molar-refractivity contribution in [3.05, 3.63) is 36.3 Å². The van der Waals surface area contributed by atoms with Crippen molar-refractivity contribution in [3.63, 3.8) is 0 Å². The zero-order valence-electron chi connectivity index (χ0n) is 7.49. The van der Waals surface area contributed by atoms with E-state index in [1.165, 1.54) is 7.11 Å². The fourth-order valence-electron chi connectivity index (χ4n) is 0.945. The summed E-state index contributed by atoms with van der Waals surface area (Å²) in [4.78, 5) is 12.6. The molecule has 1 heterocycles. The molecule has 0 aromatic heterocycles. The van der Waals surface area contributed by atoms with E-state index in [1.807, 2.05) is 0 Å². The number of carbonyl (C=O) groups excluding carboxylic acids is 1. The molecule has 0 bridgehead atoms. The SMILES string of the molecule is C=C1C=CC(N)=CN1CC(=O)OC. The van der Waals surface area contributed by atoms with Crippen molar-refractivity contribution in [1.29, 1.82) is 0 Å². The summed E-state index contributed by atoms with van der Waals surface area (Å²) >= 11 is 0. The van der Waals surface area contributed by atoms with Gasteiger partial charge in [0.25, 0.3) is 0 Å². The van der Waals surface area contributed by atoms with Crippen LogP contribution in [0.25, 0.3) is 0 Å². The first kappa shape index (κ1) is 9.38. The first-order chi connectivity index (χ1) is 6.13. The van der Waals surface area contributed by atoms with Crippen molar-refractivity contribution in [3.8, 4) is 0 Å². The van der Waals surface area contributed by atoms with Gasteiger partial charge in [0, 0.05) is 17.6 Å². The largest absolute Gasteiger partial charge is 0.468 e. The van der Waals surface area contributed by atoms with E-state index >= 15 is 0 Å². The third-order valence-corrected chi connectivity index (χ3v) is 1.67. The number of nitrogens with zero attached hydrogens (tertiary/aromatic N) is 1. The van der Waals surface area contributed by atoms with E-state index in [4.69, 9.17) is 5.73 Å². The van der Waals surface area contributed by atoms with Crippen LogP contribution in [0.1, 0.15) is 0 Å². The molecule has 0 atom stereocenters. The highest BCUT2D eigenvalue weighted by Gasteiger charge is 2.11. The van der Waals surface area contributed by atoms with Gasteiger partial charge in [-0.3, -0.25) is 4.79 Å². The summed E-state index contributed by atoms with van der Waals surface area (Å²) in [5.74, 6) is -0.319. The Kier molecular flexibility index (Phi) is 2.74. The van der Waals surface area contributed by atoms with E-state index < -0.39 is 0 Å². The second kappa shape index (κ2) is 3.80. The molecule has 0 saturated carbocycles. The molecule has 4 heteroatoms. The van der Waals surface area contributed by atoms with Gasteiger partial charge in [-0.1, -0.05) is 6.58 Å². The lowest BCUT2D eigenvalue weighted by Gasteiger charge is -2.22. The number of allylic oxidation sites excluding steroid dienone is 2. The van der Waals surface area contributed by atoms with Gasteiger partial charge in [-0.05, 0) is 12.2 Å². The highest BCUT2D eigenvalue weighted by Crippen LogP contribution is 2.11.